The molecule has 1 aliphatic heterocycles. The third-order valence-electron chi connectivity index (χ3n) is 4.00. The molecule has 2 heterocycles. The van der Waals surface area contributed by atoms with Crippen LogP contribution in [0.2, 0.25) is 0 Å². The third-order valence-corrected chi connectivity index (χ3v) is 4.00. The Balaban J connectivity index is 1.59. The number of para-hydroxylation sites is 1. The lowest BCUT2D eigenvalue weighted by molar-refractivity contribution is -0.119. The maximum atomic E-state index is 12.9. The van der Waals surface area contributed by atoms with Gasteiger partial charge >= 0.3 is 0 Å². The first-order valence-electron chi connectivity index (χ1n) is 8.24. The van der Waals surface area contributed by atoms with Crippen LogP contribution in [0, 0.1) is 0 Å². The van der Waals surface area contributed by atoms with E-state index in [1.807, 2.05) is 48.5 Å². The van der Waals surface area contributed by atoms with Crippen LogP contribution in [0.5, 0.6) is 11.5 Å². The van der Waals surface area contributed by atoms with E-state index in [4.69, 9.17) is 9.47 Å². The molecule has 0 bridgehead atoms. The molecule has 0 atom stereocenters. The van der Waals surface area contributed by atoms with Crippen molar-refractivity contribution in [2.24, 2.45) is 0 Å². The minimum absolute atomic E-state index is 0.0620. The van der Waals surface area contributed by atoms with E-state index < -0.39 is 0 Å². The van der Waals surface area contributed by atoms with Crippen LogP contribution in [-0.2, 0) is 17.9 Å². The standard InChI is InChI=1S/C18H17N5O3/c24-18(12-22-13-19-20-21-22)23(15-4-2-1-3-5-15)11-14-6-7-16-17(10-14)26-9-8-25-16/h1-7,10,13H,8-9,11-12H2. The first-order chi connectivity index (χ1) is 12.8. The molecule has 0 spiro atoms. The molecule has 8 heteroatoms. The molecular weight excluding hydrogens is 334 g/mol. The molecule has 1 aliphatic rings. The smallest absolute Gasteiger partial charge is 0.249 e. The minimum Gasteiger partial charge on any atom is -0.486 e. The van der Waals surface area contributed by atoms with Crippen molar-refractivity contribution in [3.8, 4) is 11.5 Å². The van der Waals surface area contributed by atoms with E-state index in [9.17, 15) is 4.79 Å². The van der Waals surface area contributed by atoms with Crippen LogP contribution < -0.4 is 14.4 Å². The van der Waals surface area contributed by atoms with Gasteiger partial charge in [0, 0.05) is 5.69 Å². The molecule has 26 heavy (non-hydrogen) atoms. The number of fused-ring (bicyclic) bond motifs is 1. The van der Waals surface area contributed by atoms with Crippen LogP contribution in [0.3, 0.4) is 0 Å². The molecule has 0 saturated carbocycles. The van der Waals surface area contributed by atoms with Gasteiger partial charge in [-0.05, 0) is 40.3 Å². The van der Waals surface area contributed by atoms with Crippen molar-refractivity contribution in [3.05, 3.63) is 60.4 Å². The Kier molecular flexibility index (Phi) is 4.46. The normalized spacial score (nSPS) is 12.6. The van der Waals surface area contributed by atoms with Gasteiger partial charge < -0.3 is 14.4 Å². The first-order valence-corrected chi connectivity index (χ1v) is 8.24. The van der Waals surface area contributed by atoms with E-state index in [0.29, 0.717) is 25.5 Å². The number of benzene rings is 2. The number of hydrogen-bond acceptors (Lipinski definition) is 6. The third kappa shape index (κ3) is 3.49. The lowest BCUT2D eigenvalue weighted by atomic mass is 10.1. The summed E-state index contributed by atoms with van der Waals surface area (Å²) in [4.78, 5) is 14.6. The predicted molar refractivity (Wildman–Crippen MR) is 92.9 cm³/mol. The summed E-state index contributed by atoms with van der Waals surface area (Å²) < 4.78 is 12.6. The topological polar surface area (TPSA) is 82.4 Å². The fraction of sp³-hybridized carbons (Fsp3) is 0.222. The van der Waals surface area contributed by atoms with Gasteiger partial charge in [-0.15, -0.1) is 5.10 Å². The van der Waals surface area contributed by atoms with Crippen LogP contribution in [-0.4, -0.2) is 39.3 Å². The highest BCUT2D eigenvalue weighted by Crippen LogP contribution is 2.31. The number of aromatic nitrogens is 4. The monoisotopic (exact) mass is 351 g/mol. The SMILES string of the molecule is O=C(Cn1cnnn1)N(Cc1ccc2c(c1)OCCO2)c1ccccc1. The Bertz CT molecular complexity index is 883. The number of carbonyl (C=O) groups is 1. The van der Waals surface area contributed by atoms with E-state index in [1.54, 1.807) is 4.90 Å². The number of hydrogen-bond donors (Lipinski definition) is 0. The molecule has 8 nitrogen and oxygen atoms in total. The molecule has 0 N–H and O–H groups in total. The van der Waals surface area contributed by atoms with Crippen LogP contribution >= 0.6 is 0 Å². The summed E-state index contributed by atoms with van der Waals surface area (Å²) in [7, 11) is 0. The van der Waals surface area contributed by atoms with Crippen LogP contribution in [0.15, 0.2) is 54.9 Å². The molecule has 0 aliphatic carbocycles. The van der Waals surface area contributed by atoms with Gasteiger partial charge in [0.1, 0.15) is 26.1 Å². The quantitative estimate of drug-likeness (QED) is 0.695. The lowest BCUT2D eigenvalue weighted by Gasteiger charge is -2.24. The predicted octanol–water partition coefficient (Wildman–Crippen LogP) is 1.68. The van der Waals surface area contributed by atoms with E-state index in [2.05, 4.69) is 15.5 Å². The van der Waals surface area contributed by atoms with E-state index in [0.717, 1.165) is 17.0 Å². The van der Waals surface area contributed by atoms with Gasteiger partial charge in [0.25, 0.3) is 0 Å². The van der Waals surface area contributed by atoms with Gasteiger partial charge in [0.15, 0.2) is 11.5 Å². The summed E-state index contributed by atoms with van der Waals surface area (Å²) >= 11 is 0. The van der Waals surface area contributed by atoms with Gasteiger partial charge in [-0.2, -0.15) is 0 Å². The average Bonchev–Trinajstić information content (AvgIpc) is 3.19. The average molecular weight is 351 g/mol. The summed E-state index contributed by atoms with van der Waals surface area (Å²) in [5.41, 5.74) is 1.75. The highest BCUT2D eigenvalue weighted by atomic mass is 16.6. The Morgan fingerprint density at radius 1 is 1.08 bits per heavy atom. The van der Waals surface area contributed by atoms with Crippen molar-refractivity contribution in [1.82, 2.24) is 20.2 Å². The van der Waals surface area contributed by atoms with Gasteiger partial charge in [0.05, 0.1) is 6.54 Å². The molecule has 132 valence electrons. The zero-order valence-electron chi connectivity index (χ0n) is 14.0. The Hall–Kier alpha value is -3.42. The van der Waals surface area contributed by atoms with E-state index >= 15 is 0 Å². The molecule has 3 aromatic rings. The summed E-state index contributed by atoms with van der Waals surface area (Å²) in [5.74, 6) is 1.32. The van der Waals surface area contributed by atoms with Crippen LogP contribution in [0.1, 0.15) is 5.56 Å². The van der Waals surface area contributed by atoms with Crippen molar-refractivity contribution in [1.29, 1.82) is 0 Å². The molecule has 4 rings (SSSR count). The molecule has 0 saturated heterocycles. The van der Waals surface area contributed by atoms with Crippen molar-refractivity contribution in [2.45, 2.75) is 13.1 Å². The lowest BCUT2D eigenvalue weighted by Crippen LogP contribution is -2.33. The van der Waals surface area contributed by atoms with E-state index in [-0.39, 0.29) is 12.5 Å². The fourth-order valence-electron chi connectivity index (χ4n) is 2.78. The highest BCUT2D eigenvalue weighted by molar-refractivity contribution is 5.93. The van der Waals surface area contributed by atoms with Gasteiger partial charge in [-0.25, -0.2) is 4.68 Å². The molecule has 0 unspecified atom stereocenters. The number of rotatable bonds is 5. The maximum absolute atomic E-state index is 12.9. The van der Waals surface area contributed by atoms with Crippen molar-refractivity contribution >= 4 is 11.6 Å². The zero-order chi connectivity index (χ0) is 17.8. The second-order valence-corrected chi connectivity index (χ2v) is 5.80. The number of amides is 1. The van der Waals surface area contributed by atoms with Crippen molar-refractivity contribution < 1.29 is 14.3 Å². The van der Waals surface area contributed by atoms with Gasteiger partial charge in [-0.3, -0.25) is 4.79 Å². The van der Waals surface area contributed by atoms with Gasteiger partial charge in [0.2, 0.25) is 5.91 Å². The van der Waals surface area contributed by atoms with E-state index in [1.165, 1.54) is 11.0 Å². The largest absolute Gasteiger partial charge is 0.486 e. The number of nitrogens with zero attached hydrogens (tertiary/aromatic N) is 5. The Morgan fingerprint density at radius 3 is 2.65 bits per heavy atom. The Labute approximate surface area is 149 Å². The summed E-state index contributed by atoms with van der Waals surface area (Å²) in [6.07, 6.45) is 1.42. The van der Waals surface area contributed by atoms with Crippen molar-refractivity contribution in [3.63, 3.8) is 0 Å². The summed E-state index contributed by atoms with van der Waals surface area (Å²) in [6, 6.07) is 15.2. The maximum Gasteiger partial charge on any atom is 0.249 e. The second kappa shape index (κ2) is 7.22. The zero-order valence-corrected chi connectivity index (χ0v) is 14.0. The molecule has 0 fully saturated rings. The molecule has 1 amide bonds. The number of anilines is 1. The number of tetrazole rings is 1. The fourth-order valence-corrected chi connectivity index (χ4v) is 2.78. The van der Waals surface area contributed by atoms with Crippen LogP contribution in [0.4, 0.5) is 5.69 Å². The molecule has 0 radical (unpaired) electrons. The minimum atomic E-state index is -0.113. The van der Waals surface area contributed by atoms with Gasteiger partial charge in [-0.1, -0.05) is 24.3 Å². The molecule has 1 aromatic heterocycles. The second-order valence-electron chi connectivity index (χ2n) is 5.80. The van der Waals surface area contributed by atoms with Crippen molar-refractivity contribution in [2.75, 3.05) is 18.1 Å². The molecule has 2 aromatic carbocycles. The van der Waals surface area contributed by atoms with Crippen LogP contribution in [0.25, 0.3) is 0 Å². The number of carbonyl (C=O) groups excluding carboxylic acids is 1. The highest BCUT2D eigenvalue weighted by Gasteiger charge is 2.19. The molecular formula is C18H17N5O3. The summed E-state index contributed by atoms with van der Waals surface area (Å²) in [6.45, 7) is 1.54. The first kappa shape index (κ1) is 16.1. The number of ether oxygens (including phenoxy) is 2. The summed E-state index contributed by atoms with van der Waals surface area (Å²) in [5, 5.41) is 10.9. The Morgan fingerprint density at radius 2 is 1.88 bits per heavy atom.